The van der Waals surface area contributed by atoms with Crippen LogP contribution in [0.4, 0.5) is 0 Å². The topological polar surface area (TPSA) is 44.8 Å². The smallest absolute Gasteiger partial charge is 0.395 e. The first-order valence-corrected chi connectivity index (χ1v) is 8.86. The Morgan fingerprint density at radius 1 is 0.955 bits per heavy atom. The van der Waals surface area contributed by atoms with Gasteiger partial charge in [-0.3, -0.25) is 4.52 Å². The van der Waals surface area contributed by atoms with Gasteiger partial charge in [0.05, 0.1) is 21.7 Å². The largest absolute Gasteiger partial charge is 0.587 e. The predicted molar refractivity (Wildman–Crippen MR) is 88.4 cm³/mol. The molecule has 0 fully saturated rings. The summed E-state index contributed by atoms with van der Waals surface area (Å²) in [4.78, 5) is 0. The highest BCUT2D eigenvalue weighted by atomic mass is 35.5. The monoisotopic (exact) mass is 380 g/mol. The van der Waals surface area contributed by atoms with E-state index >= 15 is 0 Å². The van der Waals surface area contributed by atoms with Crippen molar-refractivity contribution in [1.82, 2.24) is 0 Å². The Hall–Kier alpha value is -0.900. The van der Waals surface area contributed by atoms with E-state index in [1.807, 2.05) is 0 Å². The molecule has 4 nitrogen and oxygen atoms in total. The first-order chi connectivity index (χ1) is 10.4. The van der Waals surface area contributed by atoms with E-state index in [0.717, 1.165) is 0 Å². The highest BCUT2D eigenvalue weighted by Gasteiger charge is 2.31. The van der Waals surface area contributed by atoms with Crippen molar-refractivity contribution in [3.8, 4) is 11.5 Å². The number of benzene rings is 2. The third-order valence-corrected chi connectivity index (χ3v) is 4.88. The Balaban J connectivity index is 2.28. The number of phosphoric ester groups is 1. The average Bonchev–Trinajstić information content (AvgIpc) is 2.46. The molecule has 2 rings (SSSR count). The fraction of sp³-hybridized carbons (Fsp3) is 0.143. The number of para-hydroxylation sites is 1. The lowest BCUT2D eigenvalue weighted by Gasteiger charge is -2.19. The lowest BCUT2D eigenvalue weighted by atomic mass is 10.3. The summed E-state index contributed by atoms with van der Waals surface area (Å²) in [6.45, 7) is 1.80. The van der Waals surface area contributed by atoms with E-state index in [9.17, 15) is 4.57 Å². The summed E-state index contributed by atoms with van der Waals surface area (Å²) < 4.78 is 28.5. The quantitative estimate of drug-likeness (QED) is 0.438. The molecular weight excluding hydrogens is 369 g/mol. The molecule has 22 heavy (non-hydrogen) atoms. The molecular formula is C14H12Cl3O4P. The lowest BCUT2D eigenvalue weighted by molar-refractivity contribution is 0.219. The molecule has 0 saturated heterocycles. The molecule has 0 aliphatic carbocycles. The molecule has 0 amide bonds. The van der Waals surface area contributed by atoms with Gasteiger partial charge in [0, 0.05) is 6.07 Å². The molecule has 8 heteroatoms. The van der Waals surface area contributed by atoms with Gasteiger partial charge in [-0.05, 0) is 25.1 Å². The van der Waals surface area contributed by atoms with Gasteiger partial charge in [0.1, 0.15) is 5.75 Å². The zero-order valence-corrected chi connectivity index (χ0v) is 14.6. The predicted octanol–water partition coefficient (Wildman–Crippen LogP) is 6.25. The molecule has 0 N–H and O–H groups in total. The second-order valence-corrected chi connectivity index (χ2v) is 6.80. The molecule has 2 aromatic rings. The van der Waals surface area contributed by atoms with E-state index in [-0.39, 0.29) is 27.4 Å². The molecule has 0 bridgehead atoms. The van der Waals surface area contributed by atoms with Crippen LogP contribution in [0.1, 0.15) is 6.92 Å². The normalized spacial score (nSPS) is 13.5. The highest BCUT2D eigenvalue weighted by molar-refractivity contribution is 7.49. The summed E-state index contributed by atoms with van der Waals surface area (Å²) in [5, 5.41) is 0.615. The number of hydrogen-bond acceptors (Lipinski definition) is 4. The lowest BCUT2D eigenvalue weighted by Crippen LogP contribution is -2.05. The standard InChI is InChI=1S/C14H12Cl3O4P/c1-2-19-22(18,20-10-6-4-3-5-7-10)21-14-9-12(16)11(15)8-13(14)17/h3-9H,2H2,1H3. The van der Waals surface area contributed by atoms with Crippen LogP contribution in [0.25, 0.3) is 0 Å². The van der Waals surface area contributed by atoms with Crippen molar-refractivity contribution in [3.05, 3.63) is 57.5 Å². The van der Waals surface area contributed by atoms with Crippen molar-refractivity contribution in [2.75, 3.05) is 6.61 Å². The Morgan fingerprint density at radius 3 is 2.23 bits per heavy atom. The Bertz CT molecular complexity index is 694. The summed E-state index contributed by atoms with van der Waals surface area (Å²) in [6, 6.07) is 11.3. The number of halogens is 3. The van der Waals surface area contributed by atoms with Crippen LogP contribution >= 0.6 is 42.6 Å². The molecule has 0 aliphatic heterocycles. The Morgan fingerprint density at radius 2 is 1.59 bits per heavy atom. The summed E-state index contributed by atoms with van der Waals surface area (Å²) in [6.07, 6.45) is 0. The maximum absolute atomic E-state index is 12.7. The van der Waals surface area contributed by atoms with Crippen LogP contribution in [0.2, 0.25) is 15.1 Å². The minimum Gasteiger partial charge on any atom is -0.395 e. The zero-order valence-electron chi connectivity index (χ0n) is 11.5. The zero-order chi connectivity index (χ0) is 16.2. The van der Waals surface area contributed by atoms with Gasteiger partial charge in [0.2, 0.25) is 0 Å². The van der Waals surface area contributed by atoms with E-state index < -0.39 is 7.82 Å². The van der Waals surface area contributed by atoms with Gasteiger partial charge in [0.25, 0.3) is 0 Å². The summed E-state index contributed by atoms with van der Waals surface area (Å²) in [5.41, 5.74) is 0. The van der Waals surface area contributed by atoms with Gasteiger partial charge in [-0.1, -0.05) is 53.0 Å². The molecule has 118 valence electrons. The van der Waals surface area contributed by atoms with Gasteiger partial charge in [0.15, 0.2) is 5.75 Å². The second kappa shape index (κ2) is 7.58. The van der Waals surface area contributed by atoms with Crippen LogP contribution in [-0.4, -0.2) is 6.61 Å². The van der Waals surface area contributed by atoms with E-state index in [1.54, 1.807) is 37.3 Å². The molecule has 1 atom stereocenters. The van der Waals surface area contributed by atoms with Crippen molar-refractivity contribution in [2.24, 2.45) is 0 Å². The van der Waals surface area contributed by atoms with Crippen LogP contribution < -0.4 is 9.05 Å². The molecule has 2 aromatic carbocycles. The van der Waals surface area contributed by atoms with Crippen molar-refractivity contribution in [1.29, 1.82) is 0 Å². The van der Waals surface area contributed by atoms with Gasteiger partial charge in [-0.15, -0.1) is 0 Å². The molecule has 0 heterocycles. The van der Waals surface area contributed by atoms with Crippen LogP contribution in [0.15, 0.2) is 42.5 Å². The number of rotatable bonds is 6. The number of hydrogen-bond donors (Lipinski definition) is 0. The molecule has 1 unspecified atom stereocenters. The Labute approximate surface area is 143 Å². The molecule has 0 saturated carbocycles. The summed E-state index contributed by atoms with van der Waals surface area (Å²) >= 11 is 17.8. The van der Waals surface area contributed by atoms with E-state index in [2.05, 4.69) is 0 Å². The fourth-order valence-electron chi connectivity index (χ4n) is 1.53. The molecule has 0 aliphatic rings. The van der Waals surface area contributed by atoms with Gasteiger partial charge in [-0.25, -0.2) is 4.57 Å². The Kier molecular flexibility index (Phi) is 6.01. The summed E-state index contributed by atoms with van der Waals surface area (Å²) in [7, 11) is -3.91. The van der Waals surface area contributed by atoms with Gasteiger partial charge in [-0.2, -0.15) is 0 Å². The van der Waals surface area contributed by atoms with Crippen molar-refractivity contribution < 1.29 is 18.1 Å². The third kappa shape index (κ3) is 4.55. The van der Waals surface area contributed by atoms with Crippen LogP contribution in [0, 0.1) is 0 Å². The fourth-order valence-corrected chi connectivity index (χ4v) is 3.39. The SMILES string of the molecule is CCOP(=O)(Oc1ccccc1)Oc1cc(Cl)c(Cl)cc1Cl. The van der Waals surface area contributed by atoms with Gasteiger partial charge < -0.3 is 9.05 Å². The van der Waals surface area contributed by atoms with Gasteiger partial charge >= 0.3 is 7.82 Å². The minimum atomic E-state index is -3.91. The first-order valence-electron chi connectivity index (χ1n) is 6.27. The number of phosphoric acid groups is 1. The average molecular weight is 382 g/mol. The summed E-state index contributed by atoms with van der Waals surface area (Å²) in [5.74, 6) is 0.402. The van der Waals surface area contributed by atoms with E-state index in [0.29, 0.717) is 5.75 Å². The van der Waals surface area contributed by atoms with Crippen molar-refractivity contribution in [2.45, 2.75) is 6.92 Å². The van der Waals surface area contributed by atoms with Crippen molar-refractivity contribution >= 4 is 42.6 Å². The first kappa shape index (κ1) is 17.5. The van der Waals surface area contributed by atoms with Crippen LogP contribution in [0.5, 0.6) is 11.5 Å². The highest BCUT2D eigenvalue weighted by Crippen LogP contribution is 2.51. The minimum absolute atomic E-state index is 0.0591. The molecule has 0 aromatic heterocycles. The molecule has 0 spiro atoms. The van der Waals surface area contributed by atoms with E-state index in [1.165, 1.54) is 12.1 Å². The third-order valence-electron chi connectivity index (χ3n) is 2.43. The maximum atomic E-state index is 12.7. The van der Waals surface area contributed by atoms with Crippen molar-refractivity contribution in [3.63, 3.8) is 0 Å². The second-order valence-electron chi connectivity index (χ2n) is 4.06. The van der Waals surface area contributed by atoms with Crippen LogP contribution in [0.3, 0.4) is 0 Å². The maximum Gasteiger partial charge on any atom is 0.587 e. The van der Waals surface area contributed by atoms with Crippen LogP contribution in [-0.2, 0) is 9.09 Å². The van der Waals surface area contributed by atoms with E-state index in [4.69, 9.17) is 48.4 Å². The molecule has 0 radical (unpaired) electrons.